The predicted octanol–water partition coefficient (Wildman–Crippen LogP) is 3.50. The van der Waals surface area contributed by atoms with Gasteiger partial charge in [0.25, 0.3) is 0 Å². The Balaban J connectivity index is 2.02. The van der Waals surface area contributed by atoms with Gasteiger partial charge in [-0.1, -0.05) is 37.3 Å². The summed E-state index contributed by atoms with van der Waals surface area (Å²) in [6, 6.07) is 12.3. The fourth-order valence-corrected chi connectivity index (χ4v) is 3.43. The molecule has 0 amide bonds. The van der Waals surface area contributed by atoms with E-state index in [-0.39, 0.29) is 12.1 Å². The number of hydrogen-bond acceptors (Lipinski definition) is 5. The quantitative estimate of drug-likeness (QED) is 0.806. The standard InChI is InChI=1S/C21H27N3O2/c1-4-22-17-11-13-24(14-17)20-19(21(25)26-15(2)3)18(10-12-23-20)16-8-6-5-7-9-16/h5-10,12,15,17,22H,4,11,13-14H2,1-3H3. The second-order valence-electron chi connectivity index (χ2n) is 6.87. The summed E-state index contributed by atoms with van der Waals surface area (Å²) in [5.74, 6) is 0.409. The van der Waals surface area contributed by atoms with Gasteiger partial charge < -0.3 is 15.0 Å². The summed E-state index contributed by atoms with van der Waals surface area (Å²) in [5, 5.41) is 3.49. The number of rotatable bonds is 6. The molecule has 26 heavy (non-hydrogen) atoms. The van der Waals surface area contributed by atoms with Gasteiger partial charge in [0.05, 0.1) is 6.10 Å². The van der Waals surface area contributed by atoms with Gasteiger partial charge in [0.1, 0.15) is 11.4 Å². The number of aromatic nitrogens is 1. The molecule has 1 aliphatic rings. The highest BCUT2D eigenvalue weighted by Crippen LogP contribution is 2.32. The minimum atomic E-state index is -0.311. The molecule has 0 aliphatic carbocycles. The van der Waals surface area contributed by atoms with Crippen molar-refractivity contribution in [2.45, 2.75) is 39.3 Å². The van der Waals surface area contributed by atoms with Crippen LogP contribution in [0.4, 0.5) is 5.82 Å². The average molecular weight is 353 g/mol. The second-order valence-corrected chi connectivity index (χ2v) is 6.87. The van der Waals surface area contributed by atoms with Gasteiger partial charge in [-0.25, -0.2) is 9.78 Å². The molecule has 1 aromatic heterocycles. The van der Waals surface area contributed by atoms with Crippen molar-refractivity contribution in [2.24, 2.45) is 0 Å². The molecule has 0 spiro atoms. The van der Waals surface area contributed by atoms with Crippen LogP contribution >= 0.6 is 0 Å². The van der Waals surface area contributed by atoms with E-state index in [2.05, 4.69) is 22.1 Å². The predicted molar refractivity (Wildman–Crippen MR) is 105 cm³/mol. The molecule has 1 aliphatic heterocycles. The fraction of sp³-hybridized carbons (Fsp3) is 0.429. The number of ether oxygens (including phenoxy) is 1. The van der Waals surface area contributed by atoms with Crippen molar-refractivity contribution >= 4 is 11.8 Å². The Morgan fingerprint density at radius 2 is 2.08 bits per heavy atom. The first-order chi connectivity index (χ1) is 12.6. The number of esters is 1. The number of likely N-dealkylation sites (N-methyl/N-ethyl adjacent to an activating group) is 1. The van der Waals surface area contributed by atoms with Crippen molar-refractivity contribution in [3.63, 3.8) is 0 Å². The number of hydrogen-bond donors (Lipinski definition) is 1. The van der Waals surface area contributed by atoms with Crippen LogP contribution in [-0.2, 0) is 4.74 Å². The van der Waals surface area contributed by atoms with Gasteiger partial charge in [-0.05, 0) is 38.4 Å². The molecule has 1 aromatic carbocycles. The smallest absolute Gasteiger partial charge is 0.342 e. The van der Waals surface area contributed by atoms with Crippen LogP contribution in [-0.4, -0.2) is 42.7 Å². The highest BCUT2D eigenvalue weighted by Gasteiger charge is 2.29. The molecule has 0 radical (unpaired) electrons. The van der Waals surface area contributed by atoms with E-state index < -0.39 is 0 Å². The second kappa shape index (κ2) is 8.32. The summed E-state index contributed by atoms with van der Waals surface area (Å²) < 4.78 is 5.55. The number of pyridine rings is 1. The van der Waals surface area contributed by atoms with E-state index in [1.165, 1.54) is 0 Å². The minimum absolute atomic E-state index is 0.174. The van der Waals surface area contributed by atoms with E-state index in [1.54, 1.807) is 6.20 Å². The van der Waals surface area contributed by atoms with Gasteiger partial charge in [0.15, 0.2) is 0 Å². The first-order valence-electron chi connectivity index (χ1n) is 9.34. The number of nitrogens with zero attached hydrogens (tertiary/aromatic N) is 2. The van der Waals surface area contributed by atoms with Gasteiger partial charge in [-0.3, -0.25) is 0 Å². The van der Waals surface area contributed by atoms with Crippen LogP contribution in [0, 0.1) is 0 Å². The first-order valence-corrected chi connectivity index (χ1v) is 9.34. The van der Waals surface area contributed by atoms with Crippen LogP contribution in [0.5, 0.6) is 0 Å². The molecule has 1 atom stereocenters. The van der Waals surface area contributed by atoms with Crippen molar-refractivity contribution in [3.05, 3.63) is 48.2 Å². The summed E-state index contributed by atoms with van der Waals surface area (Å²) in [6.07, 6.45) is 2.65. The van der Waals surface area contributed by atoms with E-state index in [1.807, 2.05) is 50.2 Å². The van der Waals surface area contributed by atoms with Crippen molar-refractivity contribution in [3.8, 4) is 11.1 Å². The maximum absolute atomic E-state index is 12.9. The van der Waals surface area contributed by atoms with Crippen LogP contribution in [0.3, 0.4) is 0 Å². The van der Waals surface area contributed by atoms with Gasteiger partial charge in [-0.2, -0.15) is 0 Å². The molecule has 138 valence electrons. The number of anilines is 1. The average Bonchev–Trinajstić information content (AvgIpc) is 3.10. The number of carbonyl (C=O) groups is 1. The van der Waals surface area contributed by atoms with E-state index in [4.69, 9.17) is 4.74 Å². The molecule has 2 heterocycles. The van der Waals surface area contributed by atoms with Crippen LogP contribution in [0.25, 0.3) is 11.1 Å². The molecule has 0 saturated carbocycles. The normalized spacial score (nSPS) is 16.9. The highest BCUT2D eigenvalue weighted by molar-refractivity contribution is 6.02. The van der Waals surface area contributed by atoms with E-state index in [0.29, 0.717) is 11.6 Å². The molecule has 1 fully saturated rings. The summed E-state index contributed by atoms with van der Waals surface area (Å²) in [5.41, 5.74) is 2.42. The number of carbonyl (C=O) groups excluding carboxylic acids is 1. The topological polar surface area (TPSA) is 54.5 Å². The monoisotopic (exact) mass is 353 g/mol. The van der Waals surface area contributed by atoms with E-state index in [9.17, 15) is 4.79 Å². The van der Waals surface area contributed by atoms with Crippen LogP contribution < -0.4 is 10.2 Å². The molecule has 0 bridgehead atoms. The Bertz CT molecular complexity index is 746. The molecule has 5 heteroatoms. The SMILES string of the molecule is CCNC1CCN(c2nccc(-c3ccccc3)c2C(=O)OC(C)C)C1. The largest absolute Gasteiger partial charge is 0.459 e. The first kappa shape index (κ1) is 18.4. The number of nitrogens with one attached hydrogen (secondary N) is 1. The zero-order valence-electron chi connectivity index (χ0n) is 15.7. The van der Waals surface area contributed by atoms with Gasteiger partial charge >= 0.3 is 5.97 Å². The molecule has 1 N–H and O–H groups in total. The summed E-state index contributed by atoms with van der Waals surface area (Å²) in [6.45, 7) is 8.52. The molecular weight excluding hydrogens is 326 g/mol. The Morgan fingerprint density at radius 1 is 1.31 bits per heavy atom. The third kappa shape index (κ3) is 4.05. The van der Waals surface area contributed by atoms with Crippen molar-refractivity contribution in [1.82, 2.24) is 10.3 Å². The van der Waals surface area contributed by atoms with Crippen LogP contribution in [0.1, 0.15) is 37.6 Å². The summed E-state index contributed by atoms with van der Waals surface area (Å²) >= 11 is 0. The zero-order valence-corrected chi connectivity index (χ0v) is 15.7. The zero-order chi connectivity index (χ0) is 18.5. The molecular formula is C21H27N3O2. The molecule has 5 nitrogen and oxygen atoms in total. The Labute approximate surface area is 155 Å². The lowest BCUT2D eigenvalue weighted by molar-refractivity contribution is 0.0379. The Hall–Kier alpha value is -2.40. The van der Waals surface area contributed by atoms with Gasteiger partial charge in [0.2, 0.25) is 0 Å². The Kier molecular flexibility index (Phi) is 5.89. The third-order valence-electron chi connectivity index (χ3n) is 4.54. The van der Waals surface area contributed by atoms with E-state index in [0.717, 1.165) is 43.0 Å². The number of benzene rings is 1. The van der Waals surface area contributed by atoms with Crippen molar-refractivity contribution in [2.75, 3.05) is 24.5 Å². The molecule has 3 rings (SSSR count). The fourth-order valence-electron chi connectivity index (χ4n) is 3.43. The summed E-state index contributed by atoms with van der Waals surface area (Å²) in [7, 11) is 0. The molecule has 1 saturated heterocycles. The Morgan fingerprint density at radius 3 is 2.77 bits per heavy atom. The molecule has 2 aromatic rings. The van der Waals surface area contributed by atoms with Crippen LogP contribution in [0.2, 0.25) is 0 Å². The maximum atomic E-state index is 12.9. The third-order valence-corrected chi connectivity index (χ3v) is 4.54. The lowest BCUT2D eigenvalue weighted by Gasteiger charge is -2.23. The van der Waals surface area contributed by atoms with E-state index >= 15 is 0 Å². The highest BCUT2D eigenvalue weighted by atomic mass is 16.5. The van der Waals surface area contributed by atoms with Crippen molar-refractivity contribution in [1.29, 1.82) is 0 Å². The lowest BCUT2D eigenvalue weighted by Crippen LogP contribution is -2.33. The van der Waals surface area contributed by atoms with Crippen LogP contribution in [0.15, 0.2) is 42.6 Å². The summed E-state index contributed by atoms with van der Waals surface area (Å²) in [4.78, 5) is 19.7. The van der Waals surface area contributed by atoms with Crippen molar-refractivity contribution < 1.29 is 9.53 Å². The lowest BCUT2D eigenvalue weighted by atomic mass is 10.0. The molecule has 1 unspecified atom stereocenters. The van der Waals surface area contributed by atoms with Gasteiger partial charge in [0, 0.05) is 30.9 Å². The maximum Gasteiger partial charge on any atom is 0.342 e. The minimum Gasteiger partial charge on any atom is -0.459 e. The van der Waals surface area contributed by atoms with Gasteiger partial charge in [-0.15, -0.1) is 0 Å².